The highest BCUT2D eigenvalue weighted by atomic mass is 14.7. The smallest absolute Gasteiger partial charge is 0.0396 e. The number of benzene rings is 1. The van der Waals surface area contributed by atoms with Gasteiger partial charge in [-0.2, -0.15) is 0 Å². The van der Waals surface area contributed by atoms with Gasteiger partial charge in [0.25, 0.3) is 0 Å². The second kappa shape index (κ2) is 6.74. The standard InChI is InChI=1S/C21H23N/c1-16(22-2)18-10-6-12-20(14-18)21-13-7-11-19(15-21)17-8-4-3-5-9-17/h3-4,6-7,11-15,17-18H,1-2,5,8-10H2. The minimum Gasteiger partial charge on any atom is -0.269 e. The average Bonchev–Trinajstić information content (AvgIpc) is 2.62. The van der Waals surface area contributed by atoms with E-state index in [1.807, 2.05) is 0 Å². The van der Waals surface area contributed by atoms with Gasteiger partial charge in [0.05, 0.1) is 0 Å². The summed E-state index contributed by atoms with van der Waals surface area (Å²) in [7, 11) is 0. The van der Waals surface area contributed by atoms with Crippen molar-refractivity contribution < 1.29 is 0 Å². The molecule has 112 valence electrons. The maximum absolute atomic E-state index is 4.00. The molecule has 2 unspecified atom stereocenters. The van der Waals surface area contributed by atoms with E-state index in [4.69, 9.17) is 0 Å². The van der Waals surface area contributed by atoms with Crippen LogP contribution in [0.4, 0.5) is 0 Å². The second-order valence-corrected chi connectivity index (χ2v) is 6.12. The van der Waals surface area contributed by atoms with Gasteiger partial charge in [-0.1, -0.05) is 61.2 Å². The molecule has 0 N–H and O–H groups in total. The second-order valence-electron chi connectivity index (χ2n) is 6.12. The Morgan fingerprint density at radius 1 is 1.14 bits per heavy atom. The van der Waals surface area contributed by atoms with Gasteiger partial charge in [0, 0.05) is 11.6 Å². The van der Waals surface area contributed by atoms with Crippen molar-refractivity contribution >= 4 is 12.3 Å². The molecular weight excluding hydrogens is 266 g/mol. The Bertz CT molecular complexity index is 660. The third-order valence-electron chi connectivity index (χ3n) is 4.66. The fraction of sp³-hybridized carbons (Fsp3) is 0.286. The van der Waals surface area contributed by atoms with Gasteiger partial charge in [-0.3, -0.25) is 4.99 Å². The lowest BCUT2D eigenvalue weighted by atomic mass is 9.85. The lowest BCUT2D eigenvalue weighted by molar-refractivity contribution is 0.617. The zero-order chi connectivity index (χ0) is 15.4. The van der Waals surface area contributed by atoms with Crippen LogP contribution in [-0.2, 0) is 0 Å². The van der Waals surface area contributed by atoms with E-state index in [1.165, 1.54) is 29.5 Å². The molecule has 1 aromatic carbocycles. The normalized spacial score (nSPS) is 23.9. The van der Waals surface area contributed by atoms with Gasteiger partial charge in [0.15, 0.2) is 0 Å². The Balaban J connectivity index is 1.86. The maximum atomic E-state index is 4.00. The molecule has 3 rings (SSSR count). The molecule has 2 atom stereocenters. The molecule has 0 amide bonds. The summed E-state index contributed by atoms with van der Waals surface area (Å²) in [4.78, 5) is 4.00. The van der Waals surface area contributed by atoms with Crippen LogP contribution >= 0.6 is 0 Å². The first-order valence-electron chi connectivity index (χ1n) is 8.07. The lowest BCUT2D eigenvalue weighted by Gasteiger charge is -2.20. The van der Waals surface area contributed by atoms with Crippen molar-refractivity contribution in [1.29, 1.82) is 0 Å². The number of hydrogen-bond donors (Lipinski definition) is 0. The predicted molar refractivity (Wildman–Crippen MR) is 96.1 cm³/mol. The number of hydrogen-bond acceptors (Lipinski definition) is 1. The molecule has 22 heavy (non-hydrogen) atoms. The third kappa shape index (κ3) is 3.19. The first kappa shape index (κ1) is 14.8. The molecule has 0 heterocycles. The summed E-state index contributed by atoms with van der Waals surface area (Å²) >= 11 is 0. The average molecular weight is 289 g/mol. The molecule has 0 bridgehead atoms. The molecule has 0 aromatic heterocycles. The van der Waals surface area contributed by atoms with Crippen molar-refractivity contribution in [2.45, 2.75) is 31.6 Å². The summed E-state index contributed by atoms with van der Waals surface area (Å²) in [6.45, 7) is 7.60. The van der Waals surface area contributed by atoms with E-state index >= 15 is 0 Å². The Labute approximate surface area is 133 Å². The molecule has 2 aliphatic carbocycles. The minimum atomic E-state index is 0.277. The third-order valence-corrected chi connectivity index (χ3v) is 4.66. The van der Waals surface area contributed by atoms with Crippen LogP contribution in [0.15, 0.2) is 71.9 Å². The molecule has 0 aliphatic heterocycles. The number of allylic oxidation sites excluding steroid dienone is 6. The Hall–Kier alpha value is -2.15. The van der Waals surface area contributed by atoms with Crippen LogP contribution in [0.25, 0.3) is 5.57 Å². The van der Waals surface area contributed by atoms with Crippen LogP contribution in [-0.4, -0.2) is 6.72 Å². The van der Waals surface area contributed by atoms with E-state index in [0.29, 0.717) is 5.92 Å². The molecule has 2 aliphatic rings. The lowest BCUT2D eigenvalue weighted by Crippen LogP contribution is -2.03. The van der Waals surface area contributed by atoms with Crippen molar-refractivity contribution in [1.82, 2.24) is 0 Å². The minimum absolute atomic E-state index is 0.277. The van der Waals surface area contributed by atoms with Crippen LogP contribution < -0.4 is 0 Å². The molecular formula is C21H23N. The van der Waals surface area contributed by atoms with E-state index in [2.05, 4.69) is 72.9 Å². The molecule has 1 heteroatoms. The summed E-state index contributed by atoms with van der Waals surface area (Å²) in [5.74, 6) is 0.942. The highest BCUT2D eigenvalue weighted by Crippen LogP contribution is 2.33. The number of nitrogens with zero attached hydrogens (tertiary/aromatic N) is 1. The van der Waals surface area contributed by atoms with Crippen molar-refractivity contribution in [3.8, 4) is 0 Å². The van der Waals surface area contributed by atoms with Gasteiger partial charge in [-0.05, 0) is 55.0 Å². The van der Waals surface area contributed by atoms with Crippen LogP contribution in [0.2, 0.25) is 0 Å². The summed E-state index contributed by atoms with van der Waals surface area (Å²) in [6.07, 6.45) is 15.9. The maximum Gasteiger partial charge on any atom is 0.0396 e. The van der Waals surface area contributed by atoms with E-state index < -0.39 is 0 Å². The highest BCUT2D eigenvalue weighted by Gasteiger charge is 2.15. The van der Waals surface area contributed by atoms with Gasteiger partial charge in [0.2, 0.25) is 0 Å². The largest absolute Gasteiger partial charge is 0.269 e. The van der Waals surface area contributed by atoms with E-state index in [1.54, 1.807) is 0 Å². The molecule has 0 spiro atoms. The number of rotatable bonds is 4. The Kier molecular flexibility index (Phi) is 4.53. The van der Waals surface area contributed by atoms with Crippen LogP contribution in [0.1, 0.15) is 42.7 Å². The SMILES string of the molecule is C=NC(=C)C1C=C(c2cccc(C3CC=CCC3)c2)C=CC1. The number of aliphatic imine (C=N–C) groups is 1. The molecule has 0 fully saturated rings. The fourth-order valence-electron chi connectivity index (χ4n) is 3.29. The molecule has 0 saturated carbocycles. The van der Waals surface area contributed by atoms with Gasteiger partial charge in [-0.15, -0.1) is 0 Å². The van der Waals surface area contributed by atoms with Crippen LogP contribution in [0, 0.1) is 5.92 Å². The van der Waals surface area contributed by atoms with Crippen molar-refractivity contribution in [2.75, 3.05) is 0 Å². The van der Waals surface area contributed by atoms with Gasteiger partial charge < -0.3 is 0 Å². The van der Waals surface area contributed by atoms with Gasteiger partial charge in [-0.25, -0.2) is 0 Å². The van der Waals surface area contributed by atoms with Gasteiger partial charge >= 0.3 is 0 Å². The summed E-state index contributed by atoms with van der Waals surface area (Å²) in [6, 6.07) is 9.00. The predicted octanol–water partition coefficient (Wildman–Crippen LogP) is 5.68. The molecule has 1 aromatic rings. The first-order chi connectivity index (χ1) is 10.8. The summed E-state index contributed by atoms with van der Waals surface area (Å²) in [5.41, 5.74) is 4.88. The zero-order valence-corrected chi connectivity index (χ0v) is 13.0. The fourth-order valence-corrected chi connectivity index (χ4v) is 3.29. The van der Waals surface area contributed by atoms with Crippen LogP contribution in [0.5, 0.6) is 0 Å². The van der Waals surface area contributed by atoms with Crippen LogP contribution in [0.3, 0.4) is 0 Å². The van der Waals surface area contributed by atoms with Crippen molar-refractivity contribution in [2.24, 2.45) is 10.9 Å². The monoisotopic (exact) mass is 289 g/mol. The van der Waals surface area contributed by atoms with E-state index in [9.17, 15) is 0 Å². The quantitative estimate of drug-likeness (QED) is 0.499. The highest BCUT2D eigenvalue weighted by molar-refractivity contribution is 5.76. The molecule has 0 saturated heterocycles. The Morgan fingerprint density at radius 2 is 2.05 bits per heavy atom. The summed E-state index contributed by atoms with van der Waals surface area (Å²) < 4.78 is 0. The summed E-state index contributed by atoms with van der Waals surface area (Å²) in [5, 5.41) is 0. The van der Waals surface area contributed by atoms with Crippen molar-refractivity contribution in [3.05, 3.63) is 78.0 Å². The van der Waals surface area contributed by atoms with E-state index in [0.717, 1.165) is 18.5 Å². The van der Waals surface area contributed by atoms with Gasteiger partial charge in [0.1, 0.15) is 0 Å². The van der Waals surface area contributed by atoms with E-state index in [-0.39, 0.29) is 5.92 Å². The topological polar surface area (TPSA) is 12.4 Å². The van der Waals surface area contributed by atoms with Crippen molar-refractivity contribution in [3.63, 3.8) is 0 Å². The molecule has 1 nitrogen and oxygen atoms in total. The molecule has 0 radical (unpaired) electrons. The zero-order valence-electron chi connectivity index (χ0n) is 13.0. The first-order valence-corrected chi connectivity index (χ1v) is 8.07. The Morgan fingerprint density at radius 3 is 2.82 bits per heavy atom.